The molecule has 0 saturated heterocycles. The van der Waals surface area contributed by atoms with Crippen molar-refractivity contribution < 1.29 is 13.5 Å². The highest BCUT2D eigenvalue weighted by molar-refractivity contribution is 6.34. The highest BCUT2D eigenvalue weighted by atomic mass is 35.5. The van der Waals surface area contributed by atoms with E-state index in [1.807, 2.05) is 0 Å². The van der Waals surface area contributed by atoms with Crippen LogP contribution in [0.2, 0.25) is 10.3 Å². The van der Waals surface area contributed by atoms with Crippen LogP contribution in [0, 0.1) is 0 Å². The number of pyridine rings is 1. The maximum absolute atomic E-state index is 12.1. The standard InChI is InChI=1S/C10H7Cl2F2N3O/c1-17-8(18-10(13)14)4-6(16-17)5-2-3-7(11)15-9(5)12/h2-4,10H,1H3. The Morgan fingerprint density at radius 2 is 2.06 bits per heavy atom. The van der Waals surface area contributed by atoms with Crippen molar-refractivity contribution in [2.24, 2.45) is 7.05 Å². The monoisotopic (exact) mass is 293 g/mol. The molecule has 2 heterocycles. The molecule has 18 heavy (non-hydrogen) atoms. The number of ether oxygens (including phenoxy) is 1. The van der Waals surface area contributed by atoms with Crippen molar-refractivity contribution in [2.75, 3.05) is 0 Å². The average molecular weight is 294 g/mol. The third-order valence-electron chi connectivity index (χ3n) is 2.14. The zero-order chi connectivity index (χ0) is 13.3. The summed E-state index contributed by atoms with van der Waals surface area (Å²) in [5.74, 6) is -0.0639. The molecule has 96 valence electrons. The van der Waals surface area contributed by atoms with Crippen LogP contribution in [0.1, 0.15) is 0 Å². The van der Waals surface area contributed by atoms with Gasteiger partial charge < -0.3 is 4.74 Å². The molecule has 0 bridgehead atoms. The Hall–Kier alpha value is -1.40. The van der Waals surface area contributed by atoms with Gasteiger partial charge in [0, 0.05) is 18.7 Å². The molecule has 8 heteroatoms. The maximum atomic E-state index is 12.1. The molecule has 2 rings (SSSR count). The Morgan fingerprint density at radius 3 is 2.67 bits per heavy atom. The van der Waals surface area contributed by atoms with Gasteiger partial charge in [-0.2, -0.15) is 13.9 Å². The van der Waals surface area contributed by atoms with E-state index in [0.29, 0.717) is 11.3 Å². The maximum Gasteiger partial charge on any atom is 0.388 e. The van der Waals surface area contributed by atoms with Gasteiger partial charge in [0.1, 0.15) is 10.3 Å². The van der Waals surface area contributed by atoms with Gasteiger partial charge >= 0.3 is 6.61 Å². The molecule has 0 aliphatic heterocycles. The molecular weight excluding hydrogens is 287 g/mol. The number of rotatable bonds is 3. The first-order chi connectivity index (χ1) is 8.47. The number of aromatic nitrogens is 3. The first-order valence-corrected chi connectivity index (χ1v) is 5.54. The van der Waals surface area contributed by atoms with E-state index in [2.05, 4.69) is 14.8 Å². The highest BCUT2D eigenvalue weighted by Gasteiger charge is 2.14. The molecule has 2 aromatic heterocycles. The highest BCUT2D eigenvalue weighted by Crippen LogP contribution is 2.29. The summed E-state index contributed by atoms with van der Waals surface area (Å²) in [7, 11) is 1.48. The summed E-state index contributed by atoms with van der Waals surface area (Å²) < 4.78 is 29.7. The average Bonchev–Trinajstić information content (AvgIpc) is 2.59. The van der Waals surface area contributed by atoms with E-state index in [9.17, 15) is 8.78 Å². The summed E-state index contributed by atoms with van der Waals surface area (Å²) in [4.78, 5) is 3.84. The lowest BCUT2D eigenvalue weighted by Crippen LogP contribution is -2.05. The SMILES string of the molecule is Cn1nc(-c2ccc(Cl)nc2Cl)cc1OC(F)F. The van der Waals surface area contributed by atoms with Crippen molar-refractivity contribution in [3.05, 3.63) is 28.5 Å². The number of nitrogens with zero attached hydrogens (tertiary/aromatic N) is 3. The van der Waals surface area contributed by atoms with Crippen molar-refractivity contribution in [1.29, 1.82) is 0 Å². The van der Waals surface area contributed by atoms with Gasteiger partial charge in [0.2, 0.25) is 5.88 Å². The van der Waals surface area contributed by atoms with Crippen LogP contribution in [0.3, 0.4) is 0 Å². The van der Waals surface area contributed by atoms with E-state index in [0.717, 1.165) is 0 Å². The Morgan fingerprint density at radius 1 is 1.33 bits per heavy atom. The van der Waals surface area contributed by atoms with Crippen LogP contribution < -0.4 is 4.74 Å². The Labute approximate surface area is 111 Å². The number of halogens is 4. The van der Waals surface area contributed by atoms with E-state index in [4.69, 9.17) is 23.2 Å². The molecule has 0 fully saturated rings. The Kier molecular flexibility index (Phi) is 3.68. The summed E-state index contributed by atoms with van der Waals surface area (Å²) in [6, 6.07) is 4.49. The Bertz CT molecular complexity index is 574. The van der Waals surface area contributed by atoms with E-state index in [-0.39, 0.29) is 16.2 Å². The smallest absolute Gasteiger partial charge is 0.388 e. The van der Waals surface area contributed by atoms with E-state index >= 15 is 0 Å². The first-order valence-electron chi connectivity index (χ1n) is 4.78. The third-order valence-corrected chi connectivity index (χ3v) is 2.64. The van der Waals surface area contributed by atoms with Crippen LogP contribution in [0.5, 0.6) is 5.88 Å². The summed E-state index contributed by atoms with van der Waals surface area (Å²) in [5, 5.41) is 4.40. The molecular formula is C10H7Cl2F2N3O. The van der Waals surface area contributed by atoms with Crippen LogP contribution in [-0.4, -0.2) is 21.4 Å². The molecule has 0 radical (unpaired) electrons. The minimum absolute atomic E-state index is 0.0639. The predicted octanol–water partition coefficient (Wildman–Crippen LogP) is 3.39. The second-order valence-electron chi connectivity index (χ2n) is 3.34. The van der Waals surface area contributed by atoms with Crippen molar-refractivity contribution in [3.8, 4) is 17.1 Å². The first kappa shape index (κ1) is 13.0. The van der Waals surface area contributed by atoms with Gasteiger partial charge in [-0.1, -0.05) is 23.2 Å². The third kappa shape index (κ3) is 2.70. The lowest BCUT2D eigenvalue weighted by atomic mass is 10.2. The van der Waals surface area contributed by atoms with Gasteiger partial charge in [0.05, 0.1) is 5.69 Å². The number of aryl methyl sites for hydroxylation is 1. The van der Waals surface area contributed by atoms with Crippen LogP contribution in [-0.2, 0) is 7.05 Å². The quantitative estimate of drug-likeness (QED) is 0.815. The minimum atomic E-state index is -2.91. The fourth-order valence-corrected chi connectivity index (χ4v) is 1.83. The van der Waals surface area contributed by atoms with Gasteiger partial charge in [-0.05, 0) is 12.1 Å². The normalized spacial score (nSPS) is 11.0. The van der Waals surface area contributed by atoms with Crippen molar-refractivity contribution in [2.45, 2.75) is 6.61 Å². The largest absolute Gasteiger partial charge is 0.417 e. The van der Waals surface area contributed by atoms with Gasteiger partial charge in [0.15, 0.2) is 0 Å². The molecule has 0 unspecified atom stereocenters. The number of hydrogen-bond donors (Lipinski definition) is 0. The zero-order valence-corrected chi connectivity index (χ0v) is 10.6. The van der Waals surface area contributed by atoms with Crippen molar-refractivity contribution in [1.82, 2.24) is 14.8 Å². The van der Waals surface area contributed by atoms with Gasteiger partial charge in [-0.3, -0.25) is 0 Å². The fourth-order valence-electron chi connectivity index (χ4n) is 1.39. The fraction of sp³-hybridized carbons (Fsp3) is 0.200. The lowest BCUT2D eigenvalue weighted by Gasteiger charge is -2.01. The van der Waals surface area contributed by atoms with E-state index in [1.165, 1.54) is 23.9 Å². The van der Waals surface area contributed by atoms with Gasteiger partial charge in [-0.25, -0.2) is 9.67 Å². The molecule has 4 nitrogen and oxygen atoms in total. The molecule has 0 atom stereocenters. The van der Waals surface area contributed by atoms with Crippen LogP contribution in [0.25, 0.3) is 11.3 Å². The molecule has 0 N–H and O–H groups in total. The van der Waals surface area contributed by atoms with Crippen LogP contribution in [0.4, 0.5) is 8.78 Å². The second kappa shape index (κ2) is 5.07. The summed E-state index contributed by atoms with van der Waals surface area (Å²) in [6.07, 6.45) is 0. The van der Waals surface area contributed by atoms with Gasteiger partial charge in [-0.15, -0.1) is 0 Å². The number of alkyl halides is 2. The van der Waals surface area contributed by atoms with E-state index in [1.54, 1.807) is 6.07 Å². The summed E-state index contributed by atoms with van der Waals surface area (Å²) in [6.45, 7) is -2.91. The molecule has 2 aromatic rings. The Balaban J connectivity index is 2.39. The summed E-state index contributed by atoms with van der Waals surface area (Å²) >= 11 is 11.6. The topological polar surface area (TPSA) is 39.9 Å². The molecule has 0 spiro atoms. The van der Waals surface area contributed by atoms with Crippen LogP contribution in [0.15, 0.2) is 18.2 Å². The lowest BCUT2D eigenvalue weighted by molar-refractivity contribution is -0.0553. The van der Waals surface area contributed by atoms with Crippen molar-refractivity contribution in [3.63, 3.8) is 0 Å². The predicted molar refractivity (Wildman–Crippen MR) is 63.1 cm³/mol. The van der Waals surface area contributed by atoms with Gasteiger partial charge in [0.25, 0.3) is 0 Å². The molecule has 0 aliphatic carbocycles. The summed E-state index contributed by atoms with van der Waals surface area (Å²) in [5.41, 5.74) is 0.864. The van der Waals surface area contributed by atoms with E-state index < -0.39 is 6.61 Å². The molecule has 0 aromatic carbocycles. The molecule has 0 aliphatic rings. The molecule has 0 saturated carbocycles. The second-order valence-corrected chi connectivity index (χ2v) is 4.09. The van der Waals surface area contributed by atoms with Crippen molar-refractivity contribution >= 4 is 23.2 Å². The molecule has 0 amide bonds. The minimum Gasteiger partial charge on any atom is -0.417 e. The van der Waals surface area contributed by atoms with Crippen LogP contribution >= 0.6 is 23.2 Å². The zero-order valence-electron chi connectivity index (χ0n) is 9.07. The number of hydrogen-bond acceptors (Lipinski definition) is 3.